The van der Waals surface area contributed by atoms with Gasteiger partial charge in [0, 0.05) is 13.1 Å². The summed E-state index contributed by atoms with van der Waals surface area (Å²) >= 11 is 0. The van der Waals surface area contributed by atoms with Gasteiger partial charge in [0.15, 0.2) is 0 Å². The SMILES string of the molecule is CC1CN(c2cccc(C(=N)N)n2)CCO1. The van der Waals surface area contributed by atoms with E-state index in [1.807, 2.05) is 19.1 Å². The lowest BCUT2D eigenvalue weighted by molar-refractivity contribution is 0.0529. The summed E-state index contributed by atoms with van der Waals surface area (Å²) < 4.78 is 5.47. The average molecular weight is 220 g/mol. The van der Waals surface area contributed by atoms with Gasteiger partial charge in [-0.15, -0.1) is 0 Å². The second-order valence-electron chi connectivity index (χ2n) is 3.92. The van der Waals surface area contributed by atoms with Gasteiger partial charge in [-0.2, -0.15) is 0 Å². The molecule has 1 unspecified atom stereocenters. The van der Waals surface area contributed by atoms with Crippen molar-refractivity contribution in [3.8, 4) is 0 Å². The Balaban J connectivity index is 2.19. The van der Waals surface area contributed by atoms with Gasteiger partial charge in [0.05, 0.1) is 12.7 Å². The van der Waals surface area contributed by atoms with Crippen LogP contribution in [0.4, 0.5) is 5.82 Å². The third-order valence-corrected chi connectivity index (χ3v) is 2.58. The van der Waals surface area contributed by atoms with E-state index in [9.17, 15) is 0 Å². The topological polar surface area (TPSA) is 75.2 Å². The van der Waals surface area contributed by atoms with Gasteiger partial charge in [0.2, 0.25) is 0 Å². The first-order valence-corrected chi connectivity index (χ1v) is 5.35. The first-order chi connectivity index (χ1) is 7.66. The first-order valence-electron chi connectivity index (χ1n) is 5.35. The molecule has 1 aromatic heterocycles. The molecule has 3 N–H and O–H groups in total. The Bertz CT molecular complexity index is 393. The van der Waals surface area contributed by atoms with Crippen molar-refractivity contribution >= 4 is 11.7 Å². The van der Waals surface area contributed by atoms with Crippen molar-refractivity contribution in [2.24, 2.45) is 5.73 Å². The molecule has 1 saturated heterocycles. The lowest BCUT2D eigenvalue weighted by Crippen LogP contribution is -2.41. The van der Waals surface area contributed by atoms with Crippen LogP contribution in [0.2, 0.25) is 0 Å². The molecule has 1 fully saturated rings. The predicted octanol–water partition coefficient (Wildman–Crippen LogP) is 0.591. The van der Waals surface area contributed by atoms with E-state index in [1.54, 1.807) is 6.07 Å². The normalized spacial score (nSPS) is 20.8. The van der Waals surface area contributed by atoms with Gasteiger partial charge in [0.25, 0.3) is 0 Å². The maximum atomic E-state index is 7.36. The zero-order chi connectivity index (χ0) is 11.5. The minimum absolute atomic E-state index is 0.00292. The molecular formula is C11H16N4O. The highest BCUT2D eigenvalue weighted by Crippen LogP contribution is 2.15. The molecule has 0 radical (unpaired) electrons. The number of pyridine rings is 1. The molecule has 2 heterocycles. The second kappa shape index (κ2) is 4.49. The van der Waals surface area contributed by atoms with Crippen LogP contribution in [-0.2, 0) is 4.74 Å². The number of hydrogen-bond acceptors (Lipinski definition) is 4. The zero-order valence-electron chi connectivity index (χ0n) is 9.31. The molecule has 86 valence electrons. The number of hydrogen-bond donors (Lipinski definition) is 2. The summed E-state index contributed by atoms with van der Waals surface area (Å²) in [5, 5.41) is 7.36. The molecule has 0 aromatic carbocycles. The van der Waals surface area contributed by atoms with Crippen LogP contribution in [0, 0.1) is 5.41 Å². The highest BCUT2D eigenvalue weighted by atomic mass is 16.5. The maximum absolute atomic E-state index is 7.36. The van der Waals surface area contributed by atoms with Gasteiger partial charge >= 0.3 is 0 Å². The fourth-order valence-corrected chi connectivity index (χ4v) is 1.78. The Kier molecular flexibility index (Phi) is 3.05. The summed E-state index contributed by atoms with van der Waals surface area (Å²) in [6, 6.07) is 5.55. The van der Waals surface area contributed by atoms with Crippen molar-refractivity contribution in [2.45, 2.75) is 13.0 Å². The van der Waals surface area contributed by atoms with Crippen molar-refractivity contribution in [1.29, 1.82) is 5.41 Å². The standard InChI is InChI=1S/C11H16N4O/c1-8-7-15(5-6-16-8)10-4-2-3-9(14-10)11(12)13/h2-4,8H,5-7H2,1H3,(H3,12,13). The fourth-order valence-electron chi connectivity index (χ4n) is 1.78. The van der Waals surface area contributed by atoms with Crippen molar-refractivity contribution < 1.29 is 4.74 Å². The molecule has 1 aliphatic rings. The summed E-state index contributed by atoms with van der Waals surface area (Å²) in [4.78, 5) is 6.50. The van der Waals surface area contributed by atoms with Gasteiger partial charge in [-0.25, -0.2) is 4.98 Å². The summed E-state index contributed by atoms with van der Waals surface area (Å²) in [5.41, 5.74) is 5.94. The summed E-state index contributed by atoms with van der Waals surface area (Å²) in [6.45, 7) is 4.42. The number of nitrogens with two attached hydrogens (primary N) is 1. The summed E-state index contributed by atoms with van der Waals surface area (Å²) in [5.74, 6) is 0.867. The largest absolute Gasteiger partial charge is 0.382 e. The third kappa shape index (κ3) is 2.30. The minimum Gasteiger partial charge on any atom is -0.382 e. The number of anilines is 1. The van der Waals surface area contributed by atoms with Crippen LogP contribution in [-0.4, -0.2) is 36.6 Å². The molecule has 1 aromatic rings. The first kappa shape index (κ1) is 10.9. The maximum Gasteiger partial charge on any atom is 0.141 e. The fraction of sp³-hybridized carbons (Fsp3) is 0.455. The van der Waals surface area contributed by atoms with Crippen LogP contribution in [0.1, 0.15) is 12.6 Å². The molecule has 0 saturated carbocycles. The second-order valence-corrected chi connectivity index (χ2v) is 3.92. The summed E-state index contributed by atoms with van der Waals surface area (Å²) in [6.07, 6.45) is 0.219. The van der Waals surface area contributed by atoms with Gasteiger partial charge in [0.1, 0.15) is 17.3 Å². The molecule has 5 nitrogen and oxygen atoms in total. The van der Waals surface area contributed by atoms with Crippen LogP contribution < -0.4 is 10.6 Å². The van der Waals surface area contributed by atoms with E-state index < -0.39 is 0 Å². The van der Waals surface area contributed by atoms with Gasteiger partial charge in [-0.3, -0.25) is 5.41 Å². The number of nitrogens with one attached hydrogen (secondary N) is 1. The lowest BCUT2D eigenvalue weighted by Gasteiger charge is -2.32. The number of morpholine rings is 1. The number of nitrogens with zero attached hydrogens (tertiary/aromatic N) is 2. The highest BCUT2D eigenvalue weighted by Gasteiger charge is 2.18. The average Bonchev–Trinajstić information content (AvgIpc) is 2.29. The summed E-state index contributed by atoms with van der Waals surface area (Å²) in [7, 11) is 0. The number of amidine groups is 1. The lowest BCUT2D eigenvalue weighted by atomic mass is 10.2. The van der Waals surface area contributed by atoms with Crippen LogP contribution >= 0.6 is 0 Å². The molecule has 0 bridgehead atoms. The molecule has 5 heteroatoms. The van der Waals surface area contributed by atoms with Crippen LogP contribution in [0.25, 0.3) is 0 Å². The Morgan fingerprint density at radius 2 is 2.44 bits per heavy atom. The van der Waals surface area contributed by atoms with Gasteiger partial charge in [-0.1, -0.05) is 6.07 Å². The molecule has 1 atom stereocenters. The van der Waals surface area contributed by atoms with Gasteiger partial charge < -0.3 is 15.4 Å². The van der Waals surface area contributed by atoms with Gasteiger partial charge in [-0.05, 0) is 19.1 Å². The Hall–Kier alpha value is -1.62. The van der Waals surface area contributed by atoms with Crippen molar-refractivity contribution in [3.63, 3.8) is 0 Å². The predicted molar refractivity (Wildman–Crippen MR) is 62.9 cm³/mol. The van der Waals surface area contributed by atoms with Crippen LogP contribution in [0.5, 0.6) is 0 Å². The van der Waals surface area contributed by atoms with Crippen molar-refractivity contribution in [1.82, 2.24) is 4.98 Å². The monoisotopic (exact) mass is 220 g/mol. The van der Waals surface area contributed by atoms with Crippen LogP contribution in [0.15, 0.2) is 18.2 Å². The van der Waals surface area contributed by atoms with E-state index in [0.29, 0.717) is 12.3 Å². The Morgan fingerprint density at radius 3 is 3.12 bits per heavy atom. The van der Waals surface area contributed by atoms with Crippen LogP contribution in [0.3, 0.4) is 0 Å². The van der Waals surface area contributed by atoms with E-state index in [4.69, 9.17) is 15.9 Å². The molecular weight excluding hydrogens is 204 g/mol. The van der Waals surface area contributed by atoms with E-state index >= 15 is 0 Å². The number of ether oxygens (including phenoxy) is 1. The zero-order valence-corrected chi connectivity index (χ0v) is 9.31. The molecule has 1 aliphatic heterocycles. The smallest absolute Gasteiger partial charge is 0.141 e. The Morgan fingerprint density at radius 1 is 1.62 bits per heavy atom. The molecule has 0 aliphatic carbocycles. The minimum atomic E-state index is 0.00292. The van der Waals surface area contributed by atoms with Crippen molar-refractivity contribution in [2.75, 3.05) is 24.6 Å². The Labute approximate surface area is 94.7 Å². The highest BCUT2D eigenvalue weighted by molar-refractivity contribution is 5.93. The number of aromatic nitrogens is 1. The number of rotatable bonds is 2. The van der Waals surface area contributed by atoms with E-state index in [1.165, 1.54) is 0 Å². The molecule has 16 heavy (non-hydrogen) atoms. The molecule has 0 spiro atoms. The number of nitrogen functional groups attached to an aromatic ring is 1. The van der Waals surface area contributed by atoms with E-state index in [0.717, 1.165) is 18.9 Å². The quantitative estimate of drug-likeness (QED) is 0.565. The molecule has 0 amide bonds. The van der Waals surface area contributed by atoms with E-state index in [-0.39, 0.29) is 11.9 Å². The van der Waals surface area contributed by atoms with Crippen molar-refractivity contribution in [3.05, 3.63) is 23.9 Å². The third-order valence-electron chi connectivity index (χ3n) is 2.58. The van der Waals surface area contributed by atoms with E-state index in [2.05, 4.69) is 9.88 Å². The molecule has 2 rings (SSSR count).